The standard InChI is InChI=1S/C15H16FN3O/c1-10(11-2-6-13(16)7-3-11)18-15(20)12-4-8-14(19-17)9-5-12/h2-10,19H,17H2,1H3,(H,18,20). The van der Waals surface area contributed by atoms with Crippen LogP contribution in [0.15, 0.2) is 48.5 Å². The molecule has 0 spiro atoms. The highest BCUT2D eigenvalue weighted by molar-refractivity contribution is 5.94. The quantitative estimate of drug-likeness (QED) is 0.592. The molecule has 0 heterocycles. The van der Waals surface area contributed by atoms with Gasteiger partial charge in [-0.25, -0.2) is 4.39 Å². The highest BCUT2D eigenvalue weighted by atomic mass is 19.1. The number of benzene rings is 2. The zero-order valence-corrected chi connectivity index (χ0v) is 11.1. The summed E-state index contributed by atoms with van der Waals surface area (Å²) in [4.78, 5) is 12.1. The Balaban J connectivity index is 2.04. The number of hydrazine groups is 1. The van der Waals surface area contributed by atoms with Gasteiger partial charge in [0.15, 0.2) is 0 Å². The molecule has 0 bridgehead atoms. The van der Waals surface area contributed by atoms with E-state index in [9.17, 15) is 9.18 Å². The third-order valence-corrected chi connectivity index (χ3v) is 3.03. The second-order valence-corrected chi connectivity index (χ2v) is 4.47. The molecule has 20 heavy (non-hydrogen) atoms. The molecule has 0 aliphatic rings. The number of hydrogen-bond donors (Lipinski definition) is 3. The average molecular weight is 273 g/mol. The number of amides is 1. The number of carbonyl (C=O) groups is 1. The van der Waals surface area contributed by atoms with E-state index in [0.717, 1.165) is 11.3 Å². The van der Waals surface area contributed by atoms with Gasteiger partial charge >= 0.3 is 0 Å². The Morgan fingerprint density at radius 1 is 1.10 bits per heavy atom. The Bertz CT molecular complexity index is 581. The summed E-state index contributed by atoms with van der Waals surface area (Å²) in [6.07, 6.45) is 0. The highest BCUT2D eigenvalue weighted by Crippen LogP contribution is 2.14. The van der Waals surface area contributed by atoms with Gasteiger partial charge in [-0.15, -0.1) is 0 Å². The monoisotopic (exact) mass is 273 g/mol. The van der Waals surface area contributed by atoms with Crippen molar-refractivity contribution >= 4 is 11.6 Å². The summed E-state index contributed by atoms with van der Waals surface area (Å²) in [6.45, 7) is 1.85. The number of rotatable bonds is 4. The lowest BCUT2D eigenvalue weighted by molar-refractivity contribution is 0.0940. The SMILES string of the molecule is CC(NC(=O)c1ccc(NN)cc1)c1ccc(F)cc1. The van der Waals surface area contributed by atoms with Gasteiger partial charge in [0, 0.05) is 11.3 Å². The van der Waals surface area contributed by atoms with Crippen LogP contribution < -0.4 is 16.6 Å². The largest absolute Gasteiger partial charge is 0.346 e. The van der Waals surface area contributed by atoms with Crippen LogP contribution in [0, 0.1) is 5.82 Å². The Kier molecular flexibility index (Phi) is 4.32. The first-order valence-corrected chi connectivity index (χ1v) is 6.23. The van der Waals surface area contributed by atoms with Crippen LogP contribution in [0.4, 0.5) is 10.1 Å². The van der Waals surface area contributed by atoms with Gasteiger partial charge in [0.1, 0.15) is 5.82 Å². The summed E-state index contributed by atoms with van der Waals surface area (Å²) in [7, 11) is 0. The molecule has 5 heteroatoms. The zero-order chi connectivity index (χ0) is 14.5. The first-order valence-electron chi connectivity index (χ1n) is 6.23. The van der Waals surface area contributed by atoms with Gasteiger partial charge in [0.05, 0.1) is 6.04 Å². The van der Waals surface area contributed by atoms with Crippen LogP contribution in [-0.2, 0) is 0 Å². The van der Waals surface area contributed by atoms with Crippen LogP contribution in [0.5, 0.6) is 0 Å². The second-order valence-electron chi connectivity index (χ2n) is 4.47. The fourth-order valence-electron chi connectivity index (χ4n) is 1.83. The van der Waals surface area contributed by atoms with E-state index in [1.807, 2.05) is 6.92 Å². The van der Waals surface area contributed by atoms with E-state index in [2.05, 4.69) is 10.7 Å². The predicted octanol–water partition coefficient (Wildman–Crippen LogP) is 2.60. The van der Waals surface area contributed by atoms with Gasteiger partial charge in [-0.2, -0.15) is 0 Å². The van der Waals surface area contributed by atoms with Crippen LogP contribution in [0.2, 0.25) is 0 Å². The van der Waals surface area contributed by atoms with E-state index in [1.165, 1.54) is 12.1 Å². The highest BCUT2D eigenvalue weighted by Gasteiger charge is 2.11. The van der Waals surface area contributed by atoms with Crippen molar-refractivity contribution in [3.8, 4) is 0 Å². The fourth-order valence-corrected chi connectivity index (χ4v) is 1.83. The van der Waals surface area contributed by atoms with Crippen molar-refractivity contribution in [1.82, 2.24) is 5.32 Å². The molecule has 1 unspecified atom stereocenters. The molecule has 0 saturated heterocycles. The molecule has 104 valence electrons. The summed E-state index contributed by atoms with van der Waals surface area (Å²) >= 11 is 0. The Hall–Kier alpha value is -2.40. The zero-order valence-electron chi connectivity index (χ0n) is 11.1. The van der Waals surface area contributed by atoms with E-state index >= 15 is 0 Å². The Labute approximate surface area is 116 Å². The molecule has 0 aromatic heterocycles. The van der Waals surface area contributed by atoms with Gasteiger partial charge < -0.3 is 10.7 Å². The number of nitrogens with two attached hydrogens (primary N) is 1. The molecule has 1 amide bonds. The number of hydrogen-bond acceptors (Lipinski definition) is 3. The van der Waals surface area contributed by atoms with E-state index in [0.29, 0.717) is 5.56 Å². The first-order chi connectivity index (χ1) is 9.60. The van der Waals surface area contributed by atoms with Gasteiger partial charge in [-0.3, -0.25) is 10.6 Å². The van der Waals surface area contributed by atoms with Crippen molar-refractivity contribution < 1.29 is 9.18 Å². The summed E-state index contributed by atoms with van der Waals surface area (Å²) in [5.41, 5.74) is 4.61. The average Bonchev–Trinajstić information content (AvgIpc) is 2.48. The van der Waals surface area contributed by atoms with Crippen LogP contribution in [0.25, 0.3) is 0 Å². The lowest BCUT2D eigenvalue weighted by Gasteiger charge is -2.14. The van der Waals surface area contributed by atoms with Crippen molar-refractivity contribution in [2.75, 3.05) is 5.43 Å². The lowest BCUT2D eigenvalue weighted by atomic mass is 10.1. The topological polar surface area (TPSA) is 67.2 Å². The maximum Gasteiger partial charge on any atom is 0.251 e. The van der Waals surface area contributed by atoms with Gasteiger partial charge in [-0.05, 0) is 48.9 Å². The fraction of sp³-hybridized carbons (Fsp3) is 0.133. The van der Waals surface area contributed by atoms with E-state index in [4.69, 9.17) is 5.84 Å². The minimum Gasteiger partial charge on any atom is -0.346 e. The minimum absolute atomic E-state index is 0.189. The van der Waals surface area contributed by atoms with Crippen LogP contribution in [-0.4, -0.2) is 5.91 Å². The van der Waals surface area contributed by atoms with E-state index < -0.39 is 0 Å². The number of anilines is 1. The minimum atomic E-state index is -0.294. The maximum atomic E-state index is 12.8. The summed E-state index contributed by atoms with van der Waals surface area (Å²) < 4.78 is 12.8. The third-order valence-electron chi connectivity index (χ3n) is 3.03. The maximum absolute atomic E-state index is 12.8. The molecule has 2 rings (SSSR count). The van der Waals surface area contributed by atoms with Crippen molar-refractivity contribution in [3.05, 3.63) is 65.5 Å². The Morgan fingerprint density at radius 3 is 2.25 bits per heavy atom. The predicted molar refractivity (Wildman–Crippen MR) is 76.5 cm³/mol. The summed E-state index contributed by atoms with van der Waals surface area (Å²) in [5.74, 6) is 4.78. The van der Waals surface area contributed by atoms with Crippen LogP contribution >= 0.6 is 0 Å². The van der Waals surface area contributed by atoms with E-state index in [1.54, 1.807) is 36.4 Å². The van der Waals surface area contributed by atoms with Crippen molar-refractivity contribution in [2.45, 2.75) is 13.0 Å². The first kappa shape index (κ1) is 14.0. The molecular formula is C15H16FN3O. The smallest absolute Gasteiger partial charge is 0.251 e. The molecule has 0 fully saturated rings. The number of carbonyl (C=O) groups excluding carboxylic acids is 1. The lowest BCUT2D eigenvalue weighted by Crippen LogP contribution is -2.26. The van der Waals surface area contributed by atoms with Crippen LogP contribution in [0.3, 0.4) is 0 Å². The molecule has 1 atom stereocenters. The molecule has 0 saturated carbocycles. The van der Waals surface area contributed by atoms with Gasteiger partial charge in [-0.1, -0.05) is 12.1 Å². The van der Waals surface area contributed by atoms with Crippen molar-refractivity contribution in [2.24, 2.45) is 5.84 Å². The summed E-state index contributed by atoms with van der Waals surface area (Å²) in [5, 5.41) is 2.86. The Morgan fingerprint density at radius 2 is 1.70 bits per heavy atom. The molecular weight excluding hydrogens is 257 g/mol. The molecule has 0 aliphatic heterocycles. The number of nitrogens with one attached hydrogen (secondary N) is 2. The van der Waals surface area contributed by atoms with Gasteiger partial charge in [0.25, 0.3) is 5.91 Å². The molecule has 0 aliphatic carbocycles. The van der Waals surface area contributed by atoms with Gasteiger partial charge in [0.2, 0.25) is 0 Å². The molecule has 2 aromatic rings. The number of nitrogen functional groups attached to an aromatic ring is 1. The molecule has 4 nitrogen and oxygen atoms in total. The van der Waals surface area contributed by atoms with Crippen molar-refractivity contribution in [3.63, 3.8) is 0 Å². The normalized spacial score (nSPS) is 11.8. The molecule has 4 N–H and O–H groups in total. The van der Waals surface area contributed by atoms with E-state index in [-0.39, 0.29) is 17.8 Å². The molecule has 2 aromatic carbocycles. The summed E-state index contributed by atoms with van der Waals surface area (Å²) in [6, 6.07) is 12.7. The second kappa shape index (κ2) is 6.16. The molecule has 0 radical (unpaired) electrons. The van der Waals surface area contributed by atoms with Crippen molar-refractivity contribution in [1.29, 1.82) is 0 Å². The van der Waals surface area contributed by atoms with Crippen LogP contribution in [0.1, 0.15) is 28.9 Å². The third kappa shape index (κ3) is 3.33. The number of halogens is 1.